The third-order valence-corrected chi connectivity index (χ3v) is 2.45. The van der Waals surface area contributed by atoms with Gasteiger partial charge in [0.25, 0.3) is 5.69 Å². The maximum Gasteiger partial charge on any atom is 0.270 e. The van der Waals surface area contributed by atoms with Crippen LogP contribution >= 0.6 is 0 Å². The SMILES string of the molecule is CCC(C)OCC(=O)c1cccc([N+](=O)[O-])c1. The van der Waals surface area contributed by atoms with Gasteiger partial charge in [0, 0.05) is 17.7 Å². The highest BCUT2D eigenvalue weighted by Gasteiger charge is 2.12. The zero-order valence-electron chi connectivity index (χ0n) is 9.88. The molecule has 0 bridgehead atoms. The number of nitrogens with zero attached hydrogens (tertiary/aromatic N) is 1. The van der Waals surface area contributed by atoms with Crippen molar-refractivity contribution in [3.8, 4) is 0 Å². The van der Waals surface area contributed by atoms with Crippen molar-refractivity contribution in [1.82, 2.24) is 0 Å². The van der Waals surface area contributed by atoms with E-state index in [2.05, 4.69) is 0 Å². The molecule has 0 fully saturated rings. The van der Waals surface area contributed by atoms with Gasteiger partial charge in [-0.1, -0.05) is 19.1 Å². The number of rotatable bonds is 6. The van der Waals surface area contributed by atoms with E-state index in [1.165, 1.54) is 18.2 Å². The first-order valence-electron chi connectivity index (χ1n) is 5.43. The molecule has 0 saturated heterocycles. The van der Waals surface area contributed by atoms with Gasteiger partial charge in [0.2, 0.25) is 0 Å². The van der Waals surface area contributed by atoms with E-state index in [-0.39, 0.29) is 24.2 Å². The van der Waals surface area contributed by atoms with Gasteiger partial charge in [0.05, 0.1) is 11.0 Å². The Kier molecular flexibility index (Phi) is 4.78. The molecule has 17 heavy (non-hydrogen) atoms. The first-order valence-corrected chi connectivity index (χ1v) is 5.43. The summed E-state index contributed by atoms with van der Waals surface area (Å²) in [5.74, 6) is -0.242. The molecule has 0 N–H and O–H groups in total. The fraction of sp³-hybridized carbons (Fsp3) is 0.417. The molecule has 0 amide bonds. The summed E-state index contributed by atoms with van der Waals surface area (Å²) in [7, 11) is 0. The lowest BCUT2D eigenvalue weighted by atomic mass is 10.1. The second-order valence-electron chi connectivity index (χ2n) is 3.76. The first-order chi connectivity index (χ1) is 8.04. The van der Waals surface area contributed by atoms with Gasteiger partial charge in [-0.3, -0.25) is 14.9 Å². The topological polar surface area (TPSA) is 69.4 Å². The minimum absolute atomic E-state index is 0.0117. The van der Waals surface area contributed by atoms with E-state index in [0.29, 0.717) is 5.56 Å². The number of nitro groups is 1. The van der Waals surface area contributed by atoms with E-state index in [9.17, 15) is 14.9 Å². The second-order valence-corrected chi connectivity index (χ2v) is 3.76. The molecule has 1 unspecified atom stereocenters. The average Bonchev–Trinajstić information content (AvgIpc) is 2.35. The molecule has 1 aromatic carbocycles. The van der Waals surface area contributed by atoms with E-state index in [0.717, 1.165) is 6.42 Å². The third-order valence-electron chi connectivity index (χ3n) is 2.45. The molecule has 0 aliphatic rings. The maximum absolute atomic E-state index is 11.7. The molecule has 0 aromatic heterocycles. The average molecular weight is 237 g/mol. The number of hydrogen-bond acceptors (Lipinski definition) is 4. The molecule has 0 spiro atoms. The number of non-ortho nitro benzene ring substituents is 1. The number of carbonyl (C=O) groups excluding carboxylic acids is 1. The molecule has 5 nitrogen and oxygen atoms in total. The molecule has 1 rings (SSSR count). The monoisotopic (exact) mass is 237 g/mol. The third kappa shape index (κ3) is 3.96. The van der Waals surface area contributed by atoms with Gasteiger partial charge < -0.3 is 4.74 Å². The van der Waals surface area contributed by atoms with Gasteiger partial charge in [-0.2, -0.15) is 0 Å². The number of nitro benzene ring substituents is 1. The van der Waals surface area contributed by atoms with Gasteiger partial charge in [-0.15, -0.1) is 0 Å². The molecule has 5 heteroatoms. The summed E-state index contributed by atoms with van der Waals surface area (Å²) >= 11 is 0. The molecule has 1 aromatic rings. The summed E-state index contributed by atoms with van der Waals surface area (Å²) in [6.45, 7) is 3.79. The van der Waals surface area contributed by atoms with Crippen LogP contribution in [0.3, 0.4) is 0 Å². The van der Waals surface area contributed by atoms with Crippen molar-refractivity contribution in [3.05, 3.63) is 39.9 Å². The zero-order chi connectivity index (χ0) is 12.8. The Balaban J connectivity index is 2.69. The van der Waals surface area contributed by atoms with Gasteiger partial charge in [-0.05, 0) is 13.3 Å². The predicted molar refractivity (Wildman–Crippen MR) is 63.1 cm³/mol. The standard InChI is InChI=1S/C12H15NO4/c1-3-9(2)17-8-12(14)10-5-4-6-11(7-10)13(15)16/h4-7,9H,3,8H2,1-2H3. The molecule has 0 aliphatic heterocycles. The van der Waals surface area contributed by atoms with Crippen LogP contribution in [-0.2, 0) is 4.74 Å². The maximum atomic E-state index is 11.7. The zero-order valence-corrected chi connectivity index (χ0v) is 9.88. The Hall–Kier alpha value is -1.75. The Morgan fingerprint density at radius 3 is 2.82 bits per heavy atom. The van der Waals surface area contributed by atoms with E-state index < -0.39 is 4.92 Å². The van der Waals surface area contributed by atoms with Crippen LogP contribution in [0.5, 0.6) is 0 Å². The smallest absolute Gasteiger partial charge is 0.270 e. The van der Waals surface area contributed by atoms with Crippen molar-refractivity contribution < 1.29 is 14.5 Å². The molecule has 92 valence electrons. The Labute approximate surface area is 99.5 Å². The van der Waals surface area contributed by atoms with Crippen molar-refractivity contribution in [1.29, 1.82) is 0 Å². The van der Waals surface area contributed by atoms with E-state index in [1.54, 1.807) is 6.07 Å². The van der Waals surface area contributed by atoms with Crippen LogP contribution < -0.4 is 0 Å². The molecular weight excluding hydrogens is 222 g/mol. The Morgan fingerprint density at radius 1 is 1.53 bits per heavy atom. The molecule has 0 aliphatic carbocycles. The highest BCUT2D eigenvalue weighted by Crippen LogP contribution is 2.13. The van der Waals surface area contributed by atoms with Crippen LogP contribution in [0.25, 0.3) is 0 Å². The Morgan fingerprint density at radius 2 is 2.24 bits per heavy atom. The fourth-order valence-corrected chi connectivity index (χ4v) is 1.21. The number of ketones is 1. The van der Waals surface area contributed by atoms with Crippen molar-refractivity contribution >= 4 is 11.5 Å². The number of benzene rings is 1. The van der Waals surface area contributed by atoms with E-state index in [1.807, 2.05) is 13.8 Å². The lowest BCUT2D eigenvalue weighted by molar-refractivity contribution is -0.384. The van der Waals surface area contributed by atoms with Crippen LogP contribution in [0, 0.1) is 10.1 Å². The minimum atomic E-state index is -0.522. The van der Waals surface area contributed by atoms with Crippen LogP contribution in [0.4, 0.5) is 5.69 Å². The molecule has 0 heterocycles. The fourth-order valence-electron chi connectivity index (χ4n) is 1.21. The van der Waals surface area contributed by atoms with Crippen LogP contribution in [0.1, 0.15) is 30.6 Å². The number of carbonyl (C=O) groups is 1. The number of ether oxygens (including phenoxy) is 1. The summed E-state index contributed by atoms with van der Waals surface area (Å²) in [6.07, 6.45) is 0.833. The van der Waals surface area contributed by atoms with Crippen LogP contribution in [0.15, 0.2) is 24.3 Å². The predicted octanol–water partition coefficient (Wildman–Crippen LogP) is 2.59. The summed E-state index contributed by atoms with van der Waals surface area (Å²) in [4.78, 5) is 21.7. The molecule has 1 atom stereocenters. The summed E-state index contributed by atoms with van der Waals surface area (Å²) in [5, 5.41) is 10.6. The van der Waals surface area contributed by atoms with Gasteiger partial charge in [0.15, 0.2) is 5.78 Å². The number of hydrogen-bond donors (Lipinski definition) is 0. The summed E-state index contributed by atoms with van der Waals surface area (Å²) < 4.78 is 5.29. The van der Waals surface area contributed by atoms with E-state index >= 15 is 0 Å². The van der Waals surface area contributed by atoms with Crippen molar-refractivity contribution in [3.63, 3.8) is 0 Å². The summed E-state index contributed by atoms with van der Waals surface area (Å²) in [5.41, 5.74) is 0.224. The molecular formula is C12H15NO4. The second kappa shape index (κ2) is 6.10. The van der Waals surface area contributed by atoms with Gasteiger partial charge in [-0.25, -0.2) is 0 Å². The minimum Gasteiger partial charge on any atom is -0.370 e. The van der Waals surface area contributed by atoms with Crippen molar-refractivity contribution in [2.75, 3.05) is 6.61 Å². The quantitative estimate of drug-likeness (QED) is 0.433. The highest BCUT2D eigenvalue weighted by molar-refractivity contribution is 5.97. The van der Waals surface area contributed by atoms with Crippen LogP contribution in [0.2, 0.25) is 0 Å². The normalized spacial score (nSPS) is 12.1. The molecule has 0 radical (unpaired) electrons. The number of Topliss-reactive ketones (excluding diaryl/α,β-unsaturated/α-hetero) is 1. The van der Waals surface area contributed by atoms with Gasteiger partial charge in [0.1, 0.15) is 6.61 Å². The first kappa shape index (κ1) is 13.3. The molecule has 0 saturated carbocycles. The van der Waals surface area contributed by atoms with E-state index in [4.69, 9.17) is 4.74 Å². The largest absolute Gasteiger partial charge is 0.370 e. The summed E-state index contributed by atoms with van der Waals surface area (Å²) in [6, 6.07) is 5.67. The highest BCUT2D eigenvalue weighted by atomic mass is 16.6. The van der Waals surface area contributed by atoms with Crippen molar-refractivity contribution in [2.24, 2.45) is 0 Å². The van der Waals surface area contributed by atoms with Gasteiger partial charge >= 0.3 is 0 Å². The van der Waals surface area contributed by atoms with Crippen LogP contribution in [-0.4, -0.2) is 23.4 Å². The lowest BCUT2D eigenvalue weighted by Gasteiger charge is -2.09. The Bertz CT molecular complexity index is 417. The lowest BCUT2D eigenvalue weighted by Crippen LogP contribution is -2.15. The van der Waals surface area contributed by atoms with Crippen molar-refractivity contribution in [2.45, 2.75) is 26.4 Å².